The summed E-state index contributed by atoms with van der Waals surface area (Å²) in [7, 11) is 0. The molecule has 0 unspecified atom stereocenters. The number of thiol groups is 2. The van der Waals surface area contributed by atoms with Crippen LogP contribution in [-0.2, 0) is 0 Å². The van der Waals surface area contributed by atoms with Crippen molar-refractivity contribution in [2.45, 2.75) is 9.79 Å². The lowest BCUT2D eigenvalue weighted by atomic mass is 10.1. The van der Waals surface area contributed by atoms with E-state index in [0.29, 0.717) is 10.0 Å². The molecule has 2 aromatic carbocycles. The molecule has 0 nitrogen and oxygen atoms in total. The third-order valence-electron chi connectivity index (χ3n) is 2.43. The summed E-state index contributed by atoms with van der Waals surface area (Å²) < 4.78 is 0. The Kier molecular flexibility index (Phi) is 4.68. The number of hydrogen-bond acceptors (Lipinski definition) is 2. The predicted octanol–water partition coefficient (Wildman–Crippen LogP) is 5.74. The molecule has 18 heavy (non-hydrogen) atoms. The molecule has 0 aromatic heterocycles. The molecule has 2 rings (SSSR count). The van der Waals surface area contributed by atoms with Gasteiger partial charge in [-0.25, -0.2) is 0 Å². The van der Waals surface area contributed by atoms with Gasteiger partial charge in [0.25, 0.3) is 0 Å². The zero-order valence-corrected chi connectivity index (χ0v) is 12.6. The molecule has 0 saturated carbocycles. The van der Waals surface area contributed by atoms with Gasteiger partial charge in [-0.05, 0) is 35.4 Å². The van der Waals surface area contributed by atoms with Gasteiger partial charge in [0.05, 0.1) is 0 Å². The van der Waals surface area contributed by atoms with Crippen molar-refractivity contribution < 1.29 is 0 Å². The van der Waals surface area contributed by atoms with Crippen LogP contribution in [0.5, 0.6) is 0 Å². The lowest BCUT2D eigenvalue weighted by Crippen LogP contribution is -1.78. The highest BCUT2D eigenvalue weighted by molar-refractivity contribution is 7.80. The molecule has 0 radical (unpaired) electrons. The molecule has 4 heteroatoms. The predicted molar refractivity (Wildman–Crippen MR) is 86.3 cm³/mol. The zero-order chi connectivity index (χ0) is 13.1. The average molecular weight is 313 g/mol. The first-order chi connectivity index (χ1) is 8.56. The molecule has 0 heterocycles. The third kappa shape index (κ3) is 3.48. The van der Waals surface area contributed by atoms with Crippen molar-refractivity contribution in [2.24, 2.45) is 0 Å². The molecule has 0 amide bonds. The van der Waals surface area contributed by atoms with E-state index in [1.807, 2.05) is 48.6 Å². The summed E-state index contributed by atoms with van der Waals surface area (Å²) in [6.45, 7) is 0. The van der Waals surface area contributed by atoms with Crippen molar-refractivity contribution in [1.82, 2.24) is 0 Å². The van der Waals surface area contributed by atoms with E-state index in [0.717, 1.165) is 20.9 Å². The molecule has 0 saturated heterocycles. The highest BCUT2D eigenvalue weighted by atomic mass is 35.5. The summed E-state index contributed by atoms with van der Waals surface area (Å²) in [5, 5.41) is 1.36. The molecule has 0 aliphatic carbocycles. The number of hydrogen-bond donors (Lipinski definition) is 2. The second kappa shape index (κ2) is 6.07. The molecule has 2 aromatic rings. The normalized spacial score (nSPS) is 11.1. The summed E-state index contributed by atoms with van der Waals surface area (Å²) in [6.07, 6.45) is 3.95. The molecule has 92 valence electrons. The summed E-state index contributed by atoms with van der Waals surface area (Å²) >= 11 is 20.5. The number of benzene rings is 2. The van der Waals surface area contributed by atoms with Crippen molar-refractivity contribution in [1.29, 1.82) is 0 Å². The van der Waals surface area contributed by atoms with Gasteiger partial charge >= 0.3 is 0 Å². The highest BCUT2D eigenvalue weighted by Gasteiger charge is 1.98. The van der Waals surface area contributed by atoms with Gasteiger partial charge in [0.2, 0.25) is 0 Å². The maximum atomic E-state index is 5.88. The summed E-state index contributed by atoms with van der Waals surface area (Å²) in [5.74, 6) is 0. The molecule has 0 bridgehead atoms. The van der Waals surface area contributed by atoms with Crippen LogP contribution < -0.4 is 0 Å². The summed E-state index contributed by atoms with van der Waals surface area (Å²) in [5.41, 5.74) is 2.01. The Morgan fingerprint density at radius 1 is 0.722 bits per heavy atom. The molecule has 0 N–H and O–H groups in total. The number of rotatable bonds is 2. The fraction of sp³-hybridized carbons (Fsp3) is 0. The van der Waals surface area contributed by atoms with Gasteiger partial charge in [-0.3, -0.25) is 0 Å². The largest absolute Gasteiger partial charge is 0.143 e. The molecule has 0 aliphatic rings. The van der Waals surface area contributed by atoms with E-state index in [1.165, 1.54) is 0 Å². The first-order valence-electron chi connectivity index (χ1n) is 5.21. The Bertz CT molecular complexity index is 553. The van der Waals surface area contributed by atoms with Gasteiger partial charge in [-0.1, -0.05) is 47.5 Å². The minimum atomic E-state index is 0.679. The van der Waals surface area contributed by atoms with Gasteiger partial charge in [-0.15, -0.1) is 25.3 Å². The van der Waals surface area contributed by atoms with E-state index >= 15 is 0 Å². The van der Waals surface area contributed by atoms with E-state index in [-0.39, 0.29) is 0 Å². The van der Waals surface area contributed by atoms with Crippen LogP contribution in [0.1, 0.15) is 11.1 Å². The van der Waals surface area contributed by atoms with Crippen LogP contribution in [0.3, 0.4) is 0 Å². The van der Waals surface area contributed by atoms with Crippen LogP contribution in [-0.4, -0.2) is 0 Å². The molecular weight excluding hydrogens is 303 g/mol. The smallest absolute Gasteiger partial charge is 0.0417 e. The van der Waals surface area contributed by atoms with Crippen LogP contribution in [0.15, 0.2) is 46.2 Å². The van der Waals surface area contributed by atoms with Crippen LogP contribution in [0, 0.1) is 0 Å². The fourth-order valence-corrected chi connectivity index (χ4v) is 2.57. The van der Waals surface area contributed by atoms with Crippen LogP contribution in [0.25, 0.3) is 12.2 Å². The van der Waals surface area contributed by atoms with Gasteiger partial charge < -0.3 is 0 Å². The maximum absolute atomic E-state index is 5.88. The number of halogens is 2. The lowest BCUT2D eigenvalue weighted by Gasteiger charge is -2.02. The third-order valence-corrected chi connectivity index (χ3v) is 3.67. The summed E-state index contributed by atoms with van der Waals surface area (Å²) in [4.78, 5) is 1.68. The standard InChI is InChI=1S/C14H10Cl2S2/c15-11-5-3-9(13(17)7-11)1-2-10-4-6-12(16)8-14(10)18/h1-8,17-18H. The second-order valence-corrected chi connectivity index (χ2v) is 5.58. The quantitative estimate of drug-likeness (QED) is 0.512. The first-order valence-corrected chi connectivity index (χ1v) is 6.86. The van der Waals surface area contributed by atoms with Crippen LogP contribution >= 0.6 is 48.5 Å². The van der Waals surface area contributed by atoms with Gasteiger partial charge in [0, 0.05) is 19.8 Å². The maximum Gasteiger partial charge on any atom is 0.0417 e. The average Bonchev–Trinajstić information content (AvgIpc) is 2.30. The molecule has 0 atom stereocenters. The Morgan fingerprint density at radius 2 is 1.11 bits per heavy atom. The van der Waals surface area contributed by atoms with Gasteiger partial charge in [-0.2, -0.15) is 0 Å². The van der Waals surface area contributed by atoms with Crippen molar-refractivity contribution in [2.75, 3.05) is 0 Å². The summed E-state index contributed by atoms with van der Waals surface area (Å²) in [6, 6.07) is 11.2. The monoisotopic (exact) mass is 312 g/mol. The van der Waals surface area contributed by atoms with Crippen molar-refractivity contribution in [3.63, 3.8) is 0 Å². The molecule has 0 spiro atoms. The lowest BCUT2D eigenvalue weighted by molar-refractivity contribution is 1.42. The van der Waals surface area contributed by atoms with Crippen molar-refractivity contribution in [3.05, 3.63) is 57.6 Å². The van der Waals surface area contributed by atoms with Gasteiger partial charge in [0.15, 0.2) is 0 Å². The first kappa shape index (κ1) is 13.9. The SMILES string of the molecule is Sc1cc(Cl)ccc1C=Cc1ccc(Cl)cc1S. The van der Waals surface area contributed by atoms with E-state index in [9.17, 15) is 0 Å². The van der Waals surface area contributed by atoms with Crippen molar-refractivity contribution >= 4 is 60.6 Å². The molecule has 0 fully saturated rings. The Labute approximate surface area is 127 Å². The Hall–Kier alpha value is -0.540. The van der Waals surface area contributed by atoms with Crippen LogP contribution in [0.2, 0.25) is 10.0 Å². The van der Waals surface area contributed by atoms with E-state index < -0.39 is 0 Å². The zero-order valence-electron chi connectivity index (χ0n) is 9.27. The van der Waals surface area contributed by atoms with E-state index in [4.69, 9.17) is 23.2 Å². The van der Waals surface area contributed by atoms with E-state index in [2.05, 4.69) is 25.3 Å². The fourth-order valence-electron chi connectivity index (χ4n) is 1.50. The topological polar surface area (TPSA) is 0 Å². The Morgan fingerprint density at radius 3 is 1.44 bits per heavy atom. The Balaban J connectivity index is 2.30. The second-order valence-electron chi connectivity index (χ2n) is 3.74. The van der Waals surface area contributed by atoms with Crippen LogP contribution in [0.4, 0.5) is 0 Å². The minimum absolute atomic E-state index is 0.679. The minimum Gasteiger partial charge on any atom is -0.143 e. The van der Waals surface area contributed by atoms with Crippen molar-refractivity contribution in [3.8, 4) is 0 Å². The van der Waals surface area contributed by atoms with E-state index in [1.54, 1.807) is 0 Å². The molecule has 0 aliphatic heterocycles. The van der Waals surface area contributed by atoms with Gasteiger partial charge in [0.1, 0.15) is 0 Å². The molecular formula is C14H10Cl2S2. The highest BCUT2D eigenvalue weighted by Crippen LogP contribution is 2.24.